The highest BCUT2D eigenvalue weighted by atomic mass is 79.9. The number of aliphatic hydroxyl groups excluding tert-OH is 1. The summed E-state index contributed by atoms with van der Waals surface area (Å²) >= 11 is 4.49. The molecule has 4 nitrogen and oxygen atoms in total. The zero-order valence-electron chi connectivity index (χ0n) is 9.13. The first-order valence-corrected chi connectivity index (χ1v) is 8.13. The van der Waals surface area contributed by atoms with Gasteiger partial charge in [-0.2, -0.15) is 0 Å². The highest BCUT2D eigenvalue weighted by molar-refractivity contribution is 9.10. The fraction of sp³-hybridized carbons (Fsp3) is 0.0909. The molecule has 2 rings (SSSR count). The van der Waals surface area contributed by atoms with Crippen molar-refractivity contribution in [3.8, 4) is 0 Å². The van der Waals surface area contributed by atoms with Crippen LogP contribution in [0.25, 0.3) is 0 Å². The molecule has 1 heterocycles. The average molecular weight is 348 g/mol. The van der Waals surface area contributed by atoms with Crippen molar-refractivity contribution in [3.63, 3.8) is 0 Å². The number of sulfonamides is 1. The van der Waals surface area contributed by atoms with Crippen LogP contribution in [-0.4, -0.2) is 13.5 Å². The Morgan fingerprint density at radius 1 is 1.28 bits per heavy atom. The zero-order valence-corrected chi connectivity index (χ0v) is 12.3. The molecule has 0 saturated carbocycles. The summed E-state index contributed by atoms with van der Waals surface area (Å²) in [5, 5.41) is 10.4. The molecule has 0 atom stereocenters. The van der Waals surface area contributed by atoms with Gasteiger partial charge in [-0.15, -0.1) is 11.3 Å². The van der Waals surface area contributed by atoms with Crippen LogP contribution in [0.15, 0.2) is 45.1 Å². The Balaban J connectivity index is 2.24. The normalized spacial score (nSPS) is 11.4. The molecule has 0 amide bonds. The molecule has 0 bridgehead atoms. The third kappa shape index (κ3) is 3.11. The number of aliphatic hydroxyl groups is 1. The van der Waals surface area contributed by atoms with Crippen molar-refractivity contribution in [3.05, 3.63) is 45.1 Å². The van der Waals surface area contributed by atoms with Gasteiger partial charge in [0.2, 0.25) is 0 Å². The molecule has 18 heavy (non-hydrogen) atoms. The second-order valence-corrected chi connectivity index (χ2v) is 7.11. The summed E-state index contributed by atoms with van der Waals surface area (Å²) in [6.07, 6.45) is 0. The second-order valence-electron chi connectivity index (χ2n) is 3.52. The predicted molar refractivity (Wildman–Crippen MR) is 75.2 cm³/mol. The van der Waals surface area contributed by atoms with Gasteiger partial charge in [0.25, 0.3) is 10.0 Å². The Hall–Kier alpha value is -0.890. The summed E-state index contributed by atoms with van der Waals surface area (Å²) < 4.78 is 27.4. The third-order valence-corrected chi connectivity index (χ3v) is 5.15. The van der Waals surface area contributed by atoms with Crippen molar-refractivity contribution in [1.82, 2.24) is 0 Å². The molecule has 1 aromatic heterocycles. The van der Waals surface area contributed by atoms with E-state index in [4.69, 9.17) is 5.11 Å². The number of anilines is 1. The summed E-state index contributed by atoms with van der Waals surface area (Å²) in [6, 6.07) is 8.31. The second kappa shape index (κ2) is 5.40. The van der Waals surface area contributed by atoms with E-state index in [9.17, 15) is 8.42 Å². The van der Waals surface area contributed by atoms with Gasteiger partial charge >= 0.3 is 0 Å². The van der Waals surface area contributed by atoms with Crippen LogP contribution in [0.1, 0.15) is 4.88 Å². The Bertz CT molecular complexity index is 635. The summed E-state index contributed by atoms with van der Waals surface area (Å²) in [5.74, 6) is 0. The van der Waals surface area contributed by atoms with Gasteiger partial charge in [-0.3, -0.25) is 4.72 Å². The molecule has 7 heteroatoms. The maximum absolute atomic E-state index is 12.0. The number of nitrogens with one attached hydrogen (secondary N) is 1. The first-order chi connectivity index (χ1) is 8.51. The number of thiophene rings is 1. The van der Waals surface area contributed by atoms with Crippen molar-refractivity contribution in [2.75, 3.05) is 4.72 Å². The molecule has 0 aliphatic carbocycles. The first-order valence-electron chi connectivity index (χ1n) is 4.98. The van der Waals surface area contributed by atoms with Gasteiger partial charge in [-0.25, -0.2) is 8.42 Å². The first kappa shape index (κ1) is 13.5. The van der Waals surface area contributed by atoms with E-state index in [0.717, 1.165) is 4.47 Å². The lowest BCUT2D eigenvalue weighted by atomic mass is 10.3. The minimum atomic E-state index is -3.58. The fourth-order valence-corrected chi connectivity index (χ4v) is 3.77. The van der Waals surface area contributed by atoms with Crippen LogP contribution in [0.2, 0.25) is 0 Å². The van der Waals surface area contributed by atoms with Crippen LogP contribution in [0.3, 0.4) is 0 Å². The highest BCUT2D eigenvalue weighted by Gasteiger charge is 2.16. The molecule has 0 unspecified atom stereocenters. The van der Waals surface area contributed by atoms with Gasteiger partial charge in [-0.1, -0.05) is 15.9 Å². The van der Waals surface area contributed by atoms with Crippen LogP contribution in [0, 0.1) is 0 Å². The van der Waals surface area contributed by atoms with Crippen LogP contribution < -0.4 is 4.72 Å². The van der Waals surface area contributed by atoms with Gasteiger partial charge in [0, 0.05) is 20.4 Å². The van der Waals surface area contributed by atoms with Gasteiger partial charge in [0.05, 0.1) is 11.5 Å². The van der Waals surface area contributed by atoms with E-state index >= 15 is 0 Å². The highest BCUT2D eigenvalue weighted by Crippen LogP contribution is 2.22. The van der Waals surface area contributed by atoms with Crippen molar-refractivity contribution >= 4 is 43.0 Å². The number of rotatable bonds is 4. The van der Waals surface area contributed by atoms with Crippen molar-refractivity contribution < 1.29 is 13.5 Å². The molecule has 0 aliphatic heterocycles. The number of benzene rings is 1. The fourth-order valence-electron chi connectivity index (χ4n) is 1.32. The van der Waals surface area contributed by atoms with Crippen LogP contribution in [-0.2, 0) is 16.6 Å². The molecule has 2 aromatic rings. The number of halogens is 1. The maximum atomic E-state index is 12.0. The monoisotopic (exact) mass is 347 g/mol. The lowest BCUT2D eigenvalue weighted by Gasteiger charge is -2.06. The van der Waals surface area contributed by atoms with Crippen molar-refractivity contribution in [1.29, 1.82) is 0 Å². The standard InChI is InChI=1S/C11H10BrNO3S2/c12-8-1-3-9(4-2-8)13-18(15,16)11-5-10(6-14)17-7-11/h1-5,7,13-14H,6H2. The lowest BCUT2D eigenvalue weighted by molar-refractivity contribution is 0.285. The molecule has 96 valence electrons. The molecular formula is C11H10BrNO3S2. The molecule has 0 saturated heterocycles. The minimum absolute atomic E-state index is 0.154. The van der Waals surface area contributed by atoms with E-state index in [1.165, 1.54) is 22.8 Å². The largest absolute Gasteiger partial charge is 0.391 e. The van der Waals surface area contributed by atoms with Crippen LogP contribution in [0.5, 0.6) is 0 Å². The van der Waals surface area contributed by atoms with Crippen LogP contribution in [0.4, 0.5) is 5.69 Å². The van der Waals surface area contributed by atoms with Crippen molar-refractivity contribution in [2.24, 2.45) is 0 Å². The Morgan fingerprint density at radius 3 is 2.50 bits per heavy atom. The molecule has 1 aromatic carbocycles. The van der Waals surface area contributed by atoms with Gasteiger partial charge in [0.15, 0.2) is 0 Å². The summed E-state index contributed by atoms with van der Waals surface area (Å²) in [5.41, 5.74) is 0.495. The molecule has 0 spiro atoms. The summed E-state index contributed by atoms with van der Waals surface area (Å²) in [6.45, 7) is -0.154. The molecule has 0 fully saturated rings. The molecule has 0 aliphatic rings. The minimum Gasteiger partial charge on any atom is -0.391 e. The SMILES string of the molecule is O=S(=O)(Nc1ccc(Br)cc1)c1csc(CO)c1. The third-order valence-electron chi connectivity index (χ3n) is 2.19. The quantitative estimate of drug-likeness (QED) is 0.893. The summed E-state index contributed by atoms with van der Waals surface area (Å²) in [7, 11) is -3.58. The Labute approximate surface area is 117 Å². The topological polar surface area (TPSA) is 66.4 Å². The van der Waals surface area contributed by atoms with E-state index in [0.29, 0.717) is 10.6 Å². The van der Waals surface area contributed by atoms with E-state index in [2.05, 4.69) is 20.7 Å². The molecule has 2 N–H and O–H groups in total. The van der Waals surface area contributed by atoms with Gasteiger partial charge in [-0.05, 0) is 30.3 Å². The summed E-state index contributed by atoms with van der Waals surface area (Å²) in [4.78, 5) is 0.783. The molecule has 0 radical (unpaired) electrons. The Kier molecular flexibility index (Phi) is 4.06. The average Bonchev–Trinajstić information content (AvgIpc) is 2.81. The number of hydrogen-bond acceptors (Lipinski definition) is 4. The van der Waals surface area contributed by atoms with E-state index in [1.807, 2.05) is 0 Å². The smallest absolute Gasteiger partial charge is 0.262 e. The zero-order chi connectivity index (χ0) is 13.2. The van der Waals surface area contributed by atoms with E-state index in [-0.39, 0.29) is 11.5 Å². The predicted octanol–water partition coefficient (Wildman–Crippen LogP) is 2.80. The van der Waals surface area contributed by atoms with Crippen LogP contribution >= 0.6 is 27.3 Å². The van der Waals surface area contributed by atoms with Crippen molar-refractivity contribution in [2.45, 2.75) is 11.5 Å². The maximum Gasteiger partial charge on any atom is 0.262 e. The van der Waals surface area contributed by atoms with E-state index < -0.39 is 10.0 Å². The van der Waals surface area contributed by atoms with Gasteiger partial charge in [0.1, 0.15) is 0 Å². The molecular weight excluding hydrogens is 338 g/mol. The van der Waals surface area contributed by atoms with E-state index in [1.54, 1.807) is 24.3 Å². The Morgan fingerprint density at radius 2 is 1.94 bits per heavy atom. The number of hydrogen-bond donors (Lipinski definition) is 2. The lowest BCUT2D eigenvalue weighted by Crippen LogP contribution is -2.11. The van der Waals surface area contributed by atoms with Gasteiger partial charge < -0.3 is 5.11 Å².